The molecule has 0 aliphatic carbocycles. The Hall–Kier alpha value is -2.41. The number of rotatable bonds is 5. The first kappa shape index (κ1) is 21.3. The van der Waals surface area contributed by atoms with Crippen LogP contribution >= 0.6 is 34.8 Å². The van der Waals surface area contributed by atoms with Crippen molar-refractivity contribution in [2.24, 2.45) is 7.05 Å². The molecule has 9 heteroatoms. The number of anilines is 1. The molecule has 3 aromatic rings. The molecule has 0 spiro atoms. The highest BCUT2D eigenvalue weighted by atomic mass is 35.6. The van der Waals surface area contributed by atoms with E-state index in [1.807, 2.05) is 30.3 Å². The summed E-state index contributed by atoms with van der Waals surface area (Å²) >= 11 is 18.3. The van der Waals surface area contributed by atoms with Crippen LogP contribution in [0.1, 0.15) is 16.1 Å². The average molecular weight is 454 g/mol. The molecule has 29 heavy (non-hydrogen) atoms. The number of amides is 1. The summed E-state index contributed by atoms with van der Waals surface area (Å²) in [7, 11) is 1.75. The summed E-state index contributed by atoms with van der Waals surface area (Å²) in [4.78, 5) is 25.6. The van der Waals surface area contributed by atoms with Crippen molar-refractivity contribution in [2.75, 3.05) is 5.32 Å². The molecular formula is C20H19Cl3N4O2. The highest BCUT2D eigenvalue weighted by Crippen LogP contribution is 2.31. The number of para-hydroxylation sites is 1. The smallest absolute Gasteiger partial charge is 0.295 e. The normalized spacial score (nSPS) is 12.4. The van der Waals surface area contributed by atoms with Gasteiger partial charge in [-0.15, -0.1) is 0 Å². The minimum Gasteiger partial charge on any atom is -0.356 e. The van der Waals surface area contributed by atoms with Gasteiger partial charge >= 0.3 is 0 Å². The van der Waals surface area contributed by atoms with Gasteiger partial charge < -0.3 is 10.6 Å². The van der Waals surface area contributed by atoms with Crippen LogP contribution in [-0.4, -0.2) is 25.2 Å². The van der Waals surface area contributed by atoms with E-state index in [0.29, 0.717) is 16.9 Å². The molecule has 0 saturated heterocycles. The highest BCUT2D eigenvalue weighted by Gasteiger charge is 2.36. The first-order valence-corrected chi connectivity index (χ1v) is 9.86. The Balaban J connectivity index is 1.95. The number of halogens is 3. The summed E-state index contributed by atoms with van der Waals surface area (Å²) in [5, 5.41) is 5.55. The molecule has 1 unspecified atom stereocenters. The second kappa shape index (κ2) is 8.53. The molecule has 0 aliphatic heterocycles. The topological polar surface area (TPSA) is 68.1 Å². The second-order valence-corrected chi connectivity index (χ2v) is 8.76. The fourth-order valence-corrected chi connectivity index (χ4v) is 3.21. The monoisotopic (exact) mass is 452 g/mol. The largest absolute Gasteiger partial charge is 0.356 e. The summed E-state index contributed by atoms with van der Waals surface area (Å²) in [5.41, 5.74) is 1.60. The summed E-state index contributed by atoms with van der Waals surface area (Å²) in [6.45, 7) is 1.76. The number of carbonyl (C=O) groups is 1. The molecule has 1 amide bonds. The lowest BCUT2D eigenvalue weighted by Crippen LogP contribution is -2.49. The Bertz CT molecular complexity index is 1060. The van der Waals surface area contributed by atoms with Crippen LogP contribution in [0.3, 0.4) is 0 Å². The Morgan fingerprint density at radius 2 is 1.55 bits per heavy atom. The SMILES string of the molecule is Cc1c(NC(NC(=O)c2ccccc2)C(Cl)(Cl)Cl)c(=O)n(-c2ccccc2)n1C. The zero-order valence-corrected chi connectivity index (χ0v) is 18.0. The molecule has 0 radical (unpaired) electrons. The van der Waals surface area contributed by atoms with Crippen molar-refractivity contribution in [2.45, 2.75) is 16.9 Å². The van der Waals surface area contributed by atoms with Crippen molar-refractivity contribution >= 4 is 46.4 Å². The summed E-state index contributed by atoms with van der Waals surface area (Å²) < 4.78 is 1.28. The molecule has 0 bridgehead atoms. The fourth-order valence-electron chi connectivity index (χ4n) is 2.88. The van der Waals surface area contributed by atoms with E-state index in [-0.39, 0.29) is 11.2 Å². The molecular weight excluding hydrogens is 435 g/mol. The lowest BCUT2D eigenvalue weighted by molar-refractivity contribution is 0.0942. The van der Waals surface area contributed by atoms with E-state index < -0.39 is 15.9 Å². The van der Waals surface area contributed by atoms with Crippen molar-refractivity contribution in [3.63, 3.8) is 0 Å². The van der Waals surface area contributed by atoms with Crippen LogP contribution in [0.2, 0.25) is 0 Å². The van der Waals surface area contributed by atoms with Gasteiger partial charge in [0.15, 0.2) is 0 Å². The van der Waals surface area contributed by atoms with Crippen molar-refractivity contribution < 1.29 is 4.79 Å². The van der Waals surface area contributed by atoms with E-state index in [1.165, 1.54) is 4.68 Å². The Morgan fingerprint density at radius 3 is 2.10 bits per heavy atom. The lowest BCUT2D eigenvalue weighted by atomic mass is 10.2. The molecule has 3 rings (SSSR count). The van der Waals surface area contributed by atoms with Gasteiger partial charge in [-0.2, -0.15) is 0 Å². The number of nitrogens with zero attached hydrogens (tertiary/aromatic N) is 2. The van der Waals surface area contributed by atoms with Crippen LogP contribution in [0.5, 0.6) is 0 Å². The quantitative estimate of drug-likeness (QED) is 0.453. The molecule has 1 aromatic heterocycles. The van der Waals surface area contributed by atoms with Crippen molar-refractivity contribution in [3.8, 4) is 5.69 Å². The minimum absolute atomic E-state index is 0.223. The van der Waals surface area contributed by atoms with Crippen LogP contribution < -0.4 is 16.2 Å². The van der Waals surface area contributed by atoms with Gasteiger partial charge in [0.25, 0.3) is 11.5 Å². The van der Waals surface area contributed by atoms with Crippen LogP contribution in [0, 0.1) is 6.92 Å². The number of alkyl halides is 3. The molecule has 152 valence electrons. The maximum absolute atomic E-state index is 13.1. The first-order chi connectivity index (χ1) is 13.7. The van der Waals surface area contributed by atoms with Gasteiger partial charge in [0.2, 0.25) is 3.79 Å². The number of hydrogen-bond acceptors (Lipinski definition) is 3. The molecule has 0 aliphatic rings. The molecule has 0 saturated carbocycles. The molecule has 6 nitrogen and oxygen atoms in total. The molecule has 1 atom stereocenters. The highest BCUT2D eigenvalue weighted by molar-refractivity contribution is 6.68. The second-order valence-electron chi connectivity index (χ2n) is 6.39. The summed E-state index contributed by atoms with van der Waals surface area (Å²) in [6, 6.07) is 17.7. The van der Waals surface area contributed by atoms with Crippen LogP contribution in [-0.2, 0) is 7.05 Å². The number of benzene rings is 2. The number of carbonyl (C=O) groups excluding carboxylic acids is 1. The Labute approximate surface area is 183 Å². The number of nitrogens with one attached hydrogen (secondary N) is 2. The Morgan fingerprint density at radius 1 is 1.00 bits per heavy atom. The number of hydrogen-bond donors (Lipinski definition) is 2. The predicted molar refractivity (Wildman–Crippen MR) is 117 cm³/mol. The third-order valence-electron chi connectivity index (χ3n) is 4.48. The standard InChI is InChI=1S/C20H19Cl3N4O2/c1-13-16(18(29)27(26(13)2)15-11-7-4-8-12-15)24-19(20(21,22)23)25-17(28)14-9-5-3-6-10-14/h3-12,19,24H,1-2H3,(H,25,28). The zero-order valence-electron chi connectivity index (χ0n) is 15.7. The van der Waals surface area contributed by atoms with Gasteiger partial charge in [-0.05, 0) is 31.2 Å². The van der Waals surface area contributed by atoms with Crippen molar-refractivity contribution in [1.29, 1.82) is 0 Å². The van der Waals surface area contributed by atoms with Gasteiger partial charge in [0.05, 0.1) is 11.4 Å². The van der Waals surface area contributed by atoms with Gasteiger partial charge in [-0.3, -0.25) is 14.3 Å². The van der Waals surface area contributed by atoms with Gasteiger partial charge in [-0.1, -0.05) is 71.2 Å². The molecule has 2 N–H and O–H groups in total. The van der Waals surface area contributed by atoms with E-state index in [9.17, 15) is 9.59 Å². The van der Waals surface area contributed by atoms with E-state index in [2.05, 4.69) is 10.6 Å². The Kier molecular flexibility index (Phi) is 6.27. The van der Waals surface area contributed by atoms with E-state index in [1.54, 1.807) is 49.0 Å². The number of aromatic nitrogens is 2. The summed E-state index contributed by atoms with van der Waals surface area (Å²) in [6.07, 6.45) is -1.14. The molecule has 2 aromatic carbocycles. The third kappa shape index (κ3) is 4.61. The predicted octanol–water partition coefficient (Wildman–Crippen LogP) is 4.02. The molecule has 0 fully saturated rings. The van der Waals surface area contributed by atoms with E-state index in [4.69, 9.17) is 34.8 Å². The summed E-state index contributed by atoms with van der Waals surface area (Å²) in [5.74, 6) is -0.439. The van der Waals surface area contributed by atoms with E-state index in [0.717, 1.165) is 0 Å². The van der Waals surface area contributed by atoms with Crippen LogP contribution in [0.4, 0.5) is 5.69 Å². The lowest BCUT2D eigenvalue weighted by Gasteiger charge is -2.27. The average Bonchev–Trinajstić information content (AvgIpc) is 2.91. The zero-order chi connectivity index (χ0) is 21.2. The third-order valence-corrected chi connectivity index (χ3v) is 5.14. The maximum atomic E-state index is 13.1. The van der Waals surface area contributed by atoms with Gasteiger partial charge in [0.1, 0.15) is 11.9 Å². The van der Waals surface area contributed by atoms with Crippen molar-refractivity contribution in [1.82, 2.24) is 14.7 Å². The minimum atomic E-state index is -1.91. The molecule has 1 heterocycles. The van der Waals surface area contributed by atoms with Gasteiger partial charge in [-0.25, -0.2) is 4.68 Å². The maximum Gasteiger partial charge on any atom is 0.295 e. The fraction of sp³-hybridized carbons (Fsp3) is 0.200. The van der Waals surface area contributed by atoms with Crippen LogP contribution in [0.25, 0.3) is 5.69 Å². The van der Waals surface area contributed by atoms with Crippen LogP contribution in [0.15, 0.2) is 65.5 Å². The van der Waals surface area contributed by atoms with Crippen molar-refractivity contribution in [3.05, 3.63) is 82.3 Å². The van der Waals surface area contributed by atoms with Gasteiger partial charge in [0, 0.05) is 12.6 Å². The first-order valence-electron chi connectivity index (χ1n) is 8.73. The van der Waals surface area contributed by atoms with E-state index >= 15 is 0 Å².